The van der Waals surface area contributed by atoms with Gasteiger partial charge in [-0.3, -0.25) is 4.99 Å². The van der Waals surface area contributed by atoms with E-state index in [1.165, 1.54) is 0 Å². The maximum Gasteiger partial charge on any atom is 0.0382 e. The molecule has 0 bridgehead atoms. The Morgan fingerprint density at radius 3 is 2.80 bits per heavy atom. The first-order valence-corrected chi connectivity index (χ1v) is 3.96. The molecule has 2 heteroatoms. The first-order chi connectivity index (χ1) is 4.81. The minimum absolute atomic E-state index is 0.556. The average molecular weight is 142 g/mol. The lowest BCUT2D eigenvalue weighted by Gasteiger charge is -2.03. The van der Waals surface area contributed by atoms with Crippen molar-refractivity contribution >= 4 is 6.21 Å². The van der Waals surface area contributed by atoms with Crippen LogP contribution >= 0.6 is 0 Å². The van der Waals surface area contributed by atoms with Gasteiger partial charge in [0.1, 0.15) is 0 Å². The normalized spacial score (nSPS) is 14.3. The minimum atomic E-state index is 0.556. The lowest BCUT2D eigenvalue weighted by Crippen LogP contribution is -2.21. The van der Waals surface area contributed by atoms with E-state index in [-0.39, 0.29) is 0 Å². The third-order valence-electron chi connectivity index (χ3n) is 1.43. The van der Waals surface area contributed by atoms with Gasteiger partial charge in [-0.2, -0.15) is 0 Å². The van der Waals surface area contributed by atoms with E-state index in [1.807, 2.05) is 13.3 Å². The molecule has 0 aromatic carbocycles. The number of nitrogens with one attached hydrogen (secondary N) is 1. The molecule has 0 heterocycles. The van der Waals surface area contributed by atoms with Gasteiger partial charge in [-0.05, 0) is 26.8 Å². The highest BCUT2D eigenvalue weighted by Gasteiger charge is 1.91. The lowest BCUT2D eigenvalue weighted by molar-refractivity contribution is 0.637. The Kier molecular flexibility index (Phi) is 6.50. The van der Waals surface area contributed by atoms with Crippen molar-refractivity contribution in [3.63, 3.8) is 0 Å². The van der Waals surface area contributed by atoms with Gasteiger partial charge < -0.3 is 5.32 Å². The summed E-state index contributed by atoms with van der Waals surface area (Å²) in [6, 6.07) is 0.556. The summed E-state index contributed by atoms with van der Waals surface area (Å²) in [6.45, 7) is 5.26. The smallest absolute Gasteiger partial charge is 0.0382 e. The molecule has 60 valence electrons. The summed E-state index contributed by atoms with van der Waals surface area (Å²) < 4.78 is 0. The van der Waals surface area contributed by atoms with Crippen molar-refractivity contribution in [3.8, 4) is 0 Å². The van der Waals surface area contributed by atoms with Gasteiger partial charge >= 0.3 is 0 Å². The van der Waals surface area contributed by atoms with Crippen LogP contribution in [0.5, 0.6) is 0 Å². The van der Waals surface area contributed by atoms with Crippen LogP contribution in [0.15, 0.2) is 4.99 Å². The summed E-state index contributed by atoms with van der Waals surface area (Å²) in [5.74, 6) is 0. The fourth-order valence-electron chi connectivity index (χ4n) is 0.571. The molecule has 0 amide bonds. The topological polar surface area (TPSA) is 24.4 Å². The van der Waals surface area contributed by atoms with Crippen LogP contribution in [0.3, 0.4) is 0 Å². The molecular formula is C8H18N2. The van der Waals surface area contributed by atoms with E-state index >= 15 is 0 Å². The van der Waals surface area contributed by atoms with Crippen molar-refractivity contribution in [1.29, 1.82) is 0 Å². The van der Waals surface area contributed by atoms with Gasteiger partial charge in [-0.25, -0.2) is 0 Å². The first-order valence-electron chi connectivity index (χ1n) is 3.96. The van der Waals surface area contributed by atoms with Crippen molar-refractivity contribution in [2.24, 2.45) is 4.99 Å². The molecule has 1 atom stereocenters. The number of aliphatic imine (C=N–C) groups is 1. The second-order valence-electron chi connectivity index (χ2n) is 2.51. The molecule has 0 aromatic heterocycles. The summed E-state index contributed by atoms with van der Waals surface area (Å²) in [5, 5.41) is 3.15. The summed E-state index contributed by atoms with van der Waals surface area (Å²) >= 11 is 0. The Hall–Kier alpha value is -0.370. The average Bonchev–Trinajstić information content (AvgIpc) is 1.98. The molecule has 0 aliphatic rings. The predicted octanol–water partition coefficient (Wildman–Crippen LogP) is 1.47. The number of hydrogen-bond donors (Lipinski definition) is 1. The zero-order valence-electron chi connectivity index (χ0n) is 7.22. The monoisotopic (exact) mass is 142 g/mol. The Labute approximate surface area is 63.7 Å². The van der Waals surface area contributed by atoms with Crippen LogP contribution in [0.4, 0.5) is 0 Å². The standard InChI is InChI=1S/C8H18N2/c1-4-6-10-7-5-8(2)9-3/h7-9H,4-6H2,1-3H3/b10-7+. The first kappa shape index (κ1) is 9.63. The molecule has 0 spiro atoms. The molecule has 10 heavy (non-hydrogen) atoms. The van der Waals surface area contributed by atoms with Crippen molar-refractivity contribution in [2.45, 2.75) is 32.7 Å². The fourth-order valence-corrected chi connectivity index (χ4v) is 0.571. The molecule has 1 unspecified atom stereocenters. The molecule has 0 aromatic rings. The van der Waals surface area contributed by atoms with Gasteiger partial charge in [0, 0.05) is 18.8 Å². The molecule has 0 aliphatic heterocycles. The summed E-state index contributed by atoms with van der Waals surface area (Å²) in [5.41, 5.74) is 0. The molecule has 1 N–H and O–H groups in total. The number of rotatable bonds is 5. The van der Waals surface area contributed by atoms with Crippen LogP contribution in [-0.4, -0.2) is 25.8 Å². The molecule has 0 rings (SSSR count). The highest BCUT2D eigenvalue weighted by atomic mass is 14.9. The molecule has 0 aliphatic carbocycles. The van der Waals surface area contributed by atoms with Crippen molar-refractivity contribution in [3.05, 3.63) is 0 Å². The highest BCUT2D eigenvalue weighted by Crippen LogP contribution is 1.85. The highest BCUT2D eigenvalue weighted by molar-refractivity contribution is 5.57. The quantitative estimate of drug-likeness (QED) is 0.577. The van der Waals surface area contributed by atoms with Crippen LogP contribution in [-0.2, 0) is 0 Å². The van der Waals surface area contributed by atoms with Crippen LogP contribution in [0.1, 0.15) is 26.7 Å². The SMILES string of the molecule is CCC/N=C/CC(C)NC. The number of hydrogen-bond acceptors (Lipinski definition) is 2. The van der Waals surface area contributed by atoms with Crippen LogP contribution in [0.25, 0.3) is 0 Å². The Bertz CT molecular complexity index is 89.3. The zero-order valence-corrected chi connectivity index (χ0v) is 7.22. The summed E-state index contributed by atoms with van der Waals surface area (Å²) in [6.07, 6.45) is 4.19. The van der Waals surface area contributed by atoms with Crippen LogP contribution in [0.2, 0.25) is 0 Å². The molecule has 0 radical (unpaired) electrons. The van der Waals surface area contributed by atoms with E-state index in [0.29, 0.717) is 6.04 Å². The fraction of sp³-hybridized carbons (Fsp3) is 0.875. The Morgan fingerprint density at radius 1 is 1.60 bits per heavy atom. The second kappa shape index (κ2) is 6.75. The molecule has 0 saturated heterocycles. The Morgan fingerprint density at radius 2 is 2.30 bits per heavy atom. The summed E-state index contributed by atoms with van der Waals surface area (Å²) in [4.78, 5) is 4.21. The lowest BCUT2D eigenvalue weighted by atomic mass is 10.2. The van der Waals surface area contributed by atoms with Gasteiger partial charge in [0.2, 0.25) is 0 Å². The summed E-state index contributed by atoms with van der Waals surface area (Å²) in [7, 11) is 1.97. The number of nitrogens with zero attached hydrogens (tertiary/aromatic N) is 1. The Balaban J connectivity index is 3.16. The van der Waals surface area contributed by atoms with Crippen molar-refractivity contribution in [1.82, 2.24) is 5.32 Å². The molecule has 2 nitrogen and oxygen atoms in total. The van der Waals surface area contributed by atoms with E-state index in [1.54, 1.807) is 0 Å². The van der Waals surface area contributed by atoms with E-state index in [9.17, 15) is 0 Å². The van der Waals surface area contributed by atoms with Crippen LogP contribution in [0, 0.1) is 0 Å². The van der Waals surface area contributed by atoms with Gasteiger partial charge in [0.05, 0.1) is 0 Å². The van der Waals surface area contributed by atoms with Crippen LogP contribution < -0.4 is 5.32 Å². The minimum Gasteiger partial charge on any atom is -0.317 e. The van der Waals surface area contributed by atoms with Gasteiger partial charge in [0.25, 0.3) is 0 Å². The second-order valence-corrected chi connectivity index (χ2v) is 2.51. The van der Waals surface area contributed by atoms with E-state index < -0.39 is 0 Å². The third-order valence-corrected chi connectivity index (χ3v) is 1.43. The van der Waals surface area contributed by atoms with E-state index in [0.717, 1.165) is 19.4 Å². The maximum atomic E-state index is 4.21. The maximum absolute atomic E-state index is 4.21. The van der Waals surface area contributed by atoms with Gasteiger partial charge in [-0.15, -0.1) is 0 Å². The molecule has 0 saturated carbocycles. The zero-order chi connectivity index (χ0) is 7.82. The van der Waals surface area contributed by atoms with Crippen molar-refractivity contribution in [2.75, 3.05) is 13.6 Å². The van der Waals surface area contributed by atoms with Crippen molar-refractivity contribution < 1.29 is 0 Å². The largest absolute Gasteiger partial charge is 0.317 e. The van der Waals surface area contributed by atoms with Gasteiger partial charge in [-0.1, -0.05) is 6.92 Å². The predicted molar refractivity (Wildman–Crippen MR) is 46.8 cm³/mol. The van der Waals surface area contributed by atoms with E-state index in [2.05, 4.69) is 24.2 Å². The van der Waals surface area contributed by atoms with E-state index in [4.69, 9.17) is 0 Å². The molecule has 0 fully saturated rings. The third kappa shape index (κ3) is 5.76. The van der Waals surface area contributed by atoms with Gasteiger partial charge in [0.15, 0.2) is 0 Å². The molecular weight excluding hydrogens is 124 g/mol.